The van der Waals surface area contributed by atoms with E-state index in [0.29, 0.717) is 28.1 Å². The summed E-state index contributed by atoms with van der Waals surface area (Å²) in [6.07, 6.45) is 0.525. The van der Waals surface area contributed by atoms with Gasteiger partial charge in [0.1, 0.15) is 18.5 Å². The van der Waals surface area contributed by atoms with Gasteiger partial charge in [0.2, 0.25) is 12.7 Å². The highest BCUT2D eigenvalue weighted by Gasteiger charge is 2.16. The zero-order chi connectivity index (χ0) is 21.6. The number of aromatic nitrogens is 1. The van der Waals surface area contributed by atoms with Crippen molar-refractivity contribution in [2.24, 2.45) is 0 Å². The monoisotopic (exact) mass is 445 g/mol. The molecule has 10 nitrogen and oxygen atoms in total. The van der Waals surface area contributed by atoms with Crippen molar-refractivity contribution in [3.05, 3.63) is 53.4 Å². The molecule has 4 rings (SSSR count). The molecular weight excluding hydrogens is 426 g/mol. The molecule has 2 aromatic heterocycles. The van der Waals surface area contributed by atoms with Gasteiger partial charge in [0.25, 0.3) is 5.91 Å². The summed E-state index contributed by atoms with van der Waals surface area (Å²) < 4.78 is 21.0. The van der Waals surface area contributed by atoms with Crippen LogP contribution >= 0.6 is 11.3 Å². The van der Waals surface area contributed by atoms with E-state index in [1.165, 1.54) is 17.6 Å². The van der Waals surface area contributed by atoms with Crippen molar-refractivity contribution in [1.29, 1.82) is 0 Å². The lowest BCUT2D eigenvalue weighted by Gasteiger charge is -2.13. The number of aliphatic hydroxyl groups excluding tert-OH is 1. The van der Waals surface area contributed by atoms with Gasteiger partial charge in [0.15, 0.2) is 22.4 Å². The average Bonchev–Trinajstić information content (AvgIpc) is 3.52. The van der Waals surface area contributed by atoms with E-state index in [4.69, 9.17) is 18.6 Å². The Morgan fingerprint density at radius 3 is 2.97 bits per heavy atom. The fraction of sp³-hybridized carbons (Fsp3) is 0.250. The van der Waals surface area contributed by atoms with Crippen LogP contribution in [0.1, 0.15) is 16.2 Å². The maximum Gasteiger partial charge on any atom is 0.293 e. The van der Waals surface area contributed by atoms with E-state index in [0.717, 1.165) is 0 Å². The van der Waals surface area contributed by atoms with Gasteiger partial charge in [-0.15, -0.1) is 11.3 Å². The van der Waals surface area contributed by atoms with Crippen molar-refractivity contribution in [3.63, 3.8) is 0 Å². The standard InChI is InChI=1S/C20H19N3O7S/c24-13(9-28-14-3-4-15-17(7-14)30-11-29-15)8-21-18(25)6-12-10-31-20(22-12)23-19(26)16-2-1-5-27-16/h1-5,7,10,13,24H,6,8-9,11H2,(H,21,25)(H,22,23,26). The van der Waals surface area contributed by atoms with Crippen molar-refractivity contribution >= 4 is 28.3 Å². The van der Waals surface area contributed by atoms with Crippen LogP contribution in [0.4, 0.5) is 5.13 Å². The summed E-state index contributed by atoms with van der Waals surface area (Å²) in [6, 6.07) is 8.27. The largest absolute Gasteiger partial charge is 0.491 e. The van der Waals surface area contributed by atoms with Crippen LogP contribution in [0.2, 0.25) is 0 Å². The summed E-state index contributed by atoms with van der Waals surface area (Å²) in [7, 11) is 0. The van der Waals surface area contributed by atoms with Crippen LogP contribution in [0.15, 0.2) is 46.4 Å². The van der Waals surface area contributed by atoms with Gasteiger partial charge in [-0.1, -0.05) is 0 Å². The summed E-state index contributed by atoms with van der Waals surface area (Å²) in [4.78, 5) is 28.2. The first kappa shape index (κ1) is 20.7. The summed E-state index contributed by atoms with van der Waals surface area (Å²) in [5.74, 6) is 1.21. The second-order valence-corrected chi connectivity index (χ2v) is 7.39. The molecule has 11 heteroatoms. The highest BCUT2D eigenvalue weighted by molar-refractivity contribution is 7.14. The fourth-order valence-electron chi connectivity index (χ4n) is 2.69. The normalized spacial score (nSPS) is 12.9. The Morgan fingerprint density at radius 1 is 1.26 bits per heavy atom. The molecule has 0 fully saturated rings. The molecule has 3 aromatic rings. The minimum Gasteiger partial charge on any atom is -0.491 e. The third kappa shape index (κ3) is 5.53. The molecule has 0 saturated heterocycles. The summed E-state index contributed by atoms with van der Waals surface area (Å²) >= 11 is 1.20. The van der Waals surface area contributed by atoms with Crippen molar-refractivity contribution in [3.8, 4) is 17.2 Å². The lowest BCUT2D eigenvalue weighted by atomic mass is 10.3. The molecule has 0 aliphatic carbocycles. The molecule has 2 amide bonds. The molecule has 0 radical (unpaired) electrons. The highest BCUT2D eigenvalue weighted by atomic mass is 32.1. The van der Waals surface area contributed by atoms with Gasteiger partial charge in [0.05, 0.1) is 18.4 Å². The minimum atomic E-state index is -0.895. The molecule has 3 heterocycles. The van der Waals surface area contributed by atoms with Gasteiger partial charge >= 0.3 is 0 Å². The molecule has 1 aromatic carbocycles. The number of fused-ring (bicyclic) bond motifs is 1. The molecule has 31 heavy (non-hydrogen) atoms. The quantitative estimate of drug-likeness (QED) is 0.454. The Kier molecular flexibility index (Phi) is 6.34. The molecular formula is C20H19N3O7S. The number of thiazole rings is 1. The number of ether oxygens (including phenoxy) is 3. The molecule has 3 N–H and O–H groups in total. The van der Waals surface area contributed by atoms with Gasteiger partial charge < -0.3 is 29.1 Å². The Balaban J connectivity index is 1.18. The number of carbonyl (C=O) groups is 2. The predicted molar refractivity (Wildman–Crippen MR) is 110 cm³/mol. The molecule has 1 aliphatic heterocycles. The van der Waals surface area contributed by atoms with Crippen LogP contribution in [0.25, 0.3) is 0 Å². The number of rotatable bonds is 9. The van der Waals surface area contributed by atoms with Gasteiger partial charge in [-0.05, 0) is 24.3 Å². The molecule has 1 aliphatic rings. The molecule has 0 spiro atoms. The van der Waals surface area contributed by atoms with Crippen molar-refractivity contribution < 1.29 is 33.3 Å². The third-order valence-electron chi connectivity index (χ3n) is 4.18. The number of anilines is 1. The second-order valence-electron chi connectivity index (χ2n) is 6.54. The van der Waals surface area contributed by atoms with Crippen LogP contribution in [0.3, 0.4) is 0 Å². The Morgan fingerprint density at radius 2 is 2.13 bits per heavy atom. The fourth-order valence-corrected chi connectivity index (χ4v) is 3.39. The van der Waals surface area contributed by atoms with Crippen molar-refractivity contribution in [1.82, 2.24) is 10.3 Å². The third-order valence-corrected chi connectivity index (χ3v) is 4.99. The maximum absolute atomic E-state index is 12.1. The van der Waals surface area contributed by atoms with Gasteiger partial charge in [-0.3, -0.25) is 14.9 Å². The summed E-state index contributed by atoms with van der Waals surface area (Å²) in [6.45, 7) is 0.194. The first-order chi connectivity index (χ1) is 15.1. The van der Waals surface area contributed by atoms with E-state index >= 15 is 0 Å². The summed E-state index contributed by atoms with van der Waals surface area (Å²) in [5, 5.41) is 17.3. The lowest BCUT2D eigenvalue weighted by Crippen LogP contribution is -2.36. The molecule has 0 bridgehead atoms. The topological polar surface area (TPSA) is 132 Å². The maximum atomic E-state index is 12.1. The minimum absolute atomic E-state index is 0.000413. The number of carbonyl (C=O) groups excluding carboxylic acids is 2. The first-order valence-corrected chi connectivity index (χ1v) is 10.2. The number of hydrogen-bond donors (Lipinski definition) is 3. The number of furan rings is 1. The van der Waals surface area contributed by atoms with E-state index in [1.54, 1.807) is 35.7 Å². The number of amides is 2. The van der Waals surface area contributed by atoms with E-state index in [9.17, 15) is 14.7 Å². The second kappa shape index (κ2) is 9.49. The number of aliphatic hydroxyl groups is 1. The molecule has 1 atom stereocenters. The van der Waals surface area contributed by atoms with Crippen molar-refractivity contribution in [2.45, 2.75) is 12.5 Å². The van der Waals surface area contributed by atoms with Crippen LogP contribution < -0.4 is 24.8 Å². The Bertz CT molecular complexity index is 1050. The highest BCUT2D eigenvalue weighted by Crippen LogP contribution is 2.35. The van der Waals surface area contributed by atoms with E-state index in [-0.39, 0.29) is 38.0 Å². The predicted octanol–water partition coefficient (Wildman–Crippen LogP) is 1.82. The number of nitrogens with one attached hydrogen (secondary N) is 2. The number of nitrogens with zero attached hydrogens (tertiary/aromatic N) is 1. The van der Waals surface area contributed by atoms with E-state index < -0.39 is 12.0 Å². The SMILES string of the molecule is O=C(Cc1csc(NC(=O)c2ccco2)n1)NCC(O)COc1ccc2c(c1)OCO2. The van der Waals surface area contributed by atoms with Gasteiger partial charge in [-0.2, -0.15) is 0 Å². The molecule has 0 saturated carbocycles. The number of benzene rings is 1. The van der Waals surface area contributed by atoms with Crippen LogP contribution in [-0.4, -0.2) is 48.0 Å². The molecule has 162 valence electrons. The molecule has 1 unspecified atom stereocenters. The van der Waals surface area contributed by atoms with Crippen molar-refractivity contribution in [2.75, 3.05) is 25.3 Å². The van der Waals surface area contributed by atoms with Crippen LogP contribution in [-0.2, 0) is 11.2 Å². The smallest absolute Gasteiger partial charge is 0.293 e. The van der Waals surface area contributed by atoms with Crippen LogP contribution in [0, 0.1) is 0 Å². The van der Waals surface area contributed by atoms with Gasteiger partial charge in [0, 0.05) is 18.0 Å². The zero-order valence-corrected chi connectivity index (χ0v) is 17.0. The lowest BCUT2D eigenvalue weighted by molar-refractivity contribution is -0.121. The van der Waals surface area contributed by atoms with Crippen LogP contribution in [0.5, 0.6) is 17.2 Å². The zero-order valence-electron chi connectivity index (χ0n) is 16.2. The van der Waals surface area contributed by atoms with Gasteiger partial charge in [-0.25, -0.2) is 4.98 Å². The average molecular weight is 445 g/mol. The Hall–Kier alpha value is -3.57. The Labute approximate surface area is 180 Å². The summed E-state index contributed by atoms with van der Waals surface area (Å²) in [5.41, 5.74) is 0.503. The number of hydrogen-bond acceptors (Lipinski definition) is 9. The van der Waals surface area contributed by atoms with E-state index in [1.807, 2.05) is 0 Å². The van der Waals surface area contributed by atoms with E-state index in [2.05, 4.69) is 15.6 Å². The first-order valence-electron chi connectivity index (χ1n) is 9.33.